The van der Waals surface area contributed by atoms with Crippen molar-refractivity contribution in [2.24, 2.45) is 0 Å². The normalized spacial score (nSPS) is 14.7. The average molecular weight is 178 g/mol. The molecule has 0 N–H and O–H groups in total. The Morgan fingerprint density at radius 3 is 2.40 bits per heavy atom. The fraction of sp³-hybridized carbons (Fsp3) is 0.667. The van der Waals surface area contributed by atoms with Crippen molar-refractivity contribution in [2.45, 2.75) is 19.6 Å². The third-order valence-electron chi connectivity index (χ3n) is 0.597. The Balaban J connectivity index is 3.68. The summed E-state index contributed by atoms with van der Waals surface area (Å²) in [5.41, 5.74) is 0. The van der Waals surface area contributed by atoms with E-state index in [-0.39, 0.29) is 0 Å². The lowest BCUT2D eigenvalue weighted by molar-refractivity contribution is 0.566. The van der Waals surface area contributed by atoms with Gasteiger partial charge in [0.2, 0.25) is 8.32 Å². The van der Waals surface area contributed by atoms with Crippen LogP contribution in [0.1, 0.15) is 0 Å². The molecule has 0 aromatic rings. The highest BCUT2D eigenvalue weighted by molar-refractivity contribution is 7.81. The molecule has 10 heavy (non-hydrogen) atoms. The molecular formula is C6H14O2SSi. The van der Waals surface area contributed by atoms with Gasteiger partial charge in [0.1, 0.15) is 11.1 Å². The Morgan fingerprint density at radius 1 is 1.60 bits per heavy atom. The van der Waals surface area contributed by atoms with E-state index in [4.69, 9.17) is 3.87 Å². The summed E-state index contributed by atoms with van der Waals surface area (Å²) in [6, 6.07) is 0. The van der Waals surface area contributed by atoms with Gasteiger partial charge in [-0.1, -0.05) is 6.08 Å². The largest absolute Gasteiger partial charge is 0.335 e. The van der Waals surface area contributed by atoms with Crippen molar-refractivity contribution in [1.82, 2.24) is 0 Å². The van der Waals surface area contributed by atoms with E-state index in [1.807, 2.05) is 19.6 Å². The second-order valence-corrected chi connectivity index (χ2v) is 8.79. The van der Waals surface area contributed by atoms with Gasteiger partial charge in [0.05, 0.1) is 5.75 Å². The SMILES string of the molecule is C=CCS(=O)O[Si](C)(C)C. The van der Waals surface area contributed by atoms with Crippen LogP contribution in [-0.2, 0) is 15.0 Å². The van der Waals surface area contributed by atoms with Gasteiger partial charge in [0.15, 0.2) is 0 Å². The molecule has 0 aliphatic heterocycles. The minimum atomic E-state index is -1.61. The van der Waals surface area contributed by atoms with Crippen molar-refractivity contribution in [3.63, 3.8) is 0 Å². The molecule has 1 atom stereocenters. The zero-order chi connectivity index (χ0) is 8.20. The summed E-state index contributed by atoms with van der Waals surface area (Å²) >= 11 is -1.15. The molecule has 0 saturated carbocycles. The van der Waals surface area contributed by atoms with Crippen molar-refractivity contribution < 1.29 is 8.08 Å². The smallest absolute Gasteiger partial charge is 0.205 e. The summed E-state index contributed by atoms with van der Waals surface area (Å²) in [6.45, 7) is 9.50. The number of rotatable bonds is 4. The zero-order valence-corrected chi connectivity index (χ0v) is 8.53. The van der Waals surface area contributed by atoms with Crippen molar-refractivity contribution in [1.29, 1.82) is 0 Å². The molecule has 0 bridgehead atoms. The first kappa shape index (κ1) is 10.1. The number of hydrogen-bond donors (Lipinski definition) is 0. The molecule has 0 aliphatic carbocycles. The van der Waals surface area contributed by atoms with Crippen LogP contribution in [0.3, 0.4) is 0 Å². The maximum atomic E-state index is 10.9. The van der Waals surface area contributed by atoms with E-state index in [9.17, 15) is 4.21 Å². The third-order valence-corrected chi connectivity index (χ3v) is 3.85. The van der Waals surface area contributed by atoms with Crippen LogP contribution >= 0.6 is 0 Å². The van der Waals surface area contributed by atoms with Crippen LogP contribution in [0, 0.1) is 0 Å². The van der Waals surface area contributed by atoms with E-state index in [0.717, 1.165) is 0 Å². The molecular weight excluding hydrogens is 164 g/mol. The molecule has 60 valence electrons. The second-order valence-electron chi connectivity index (χ2n) is 2.95. The van der Waals surface area contributed by atoms with Gasteiger partial charge in [-0.3, -0.25) is 0 Å². The zero-order valence-electron chi connectivity index (χ0n) is 6.72. The van der Waals surface area contributed by atoms with Gasteiger partial charge in [-0.25, -0.2) is 4.21 Å². The van der Waals surface area contributed by atoms with Crippen molar-refractivity contribution >= 4 is 19.4 Å². The lowest BCUT2D eigenvalue weighted by atomic mass is 10.8. The van der Waals surface area contributed by atoms with Crippen molar-refractivity contribution in [3.8, 4) is 0 Å². The molecule has 0 saturated heterocycles. The molecule has 0 amide bonds. The molecule has 0 rings (SSSR count). The highest BCUT2D eigenvalue weighted by atomic mass is 32.2. The van der Waals surface area contributed by atoms with Gasteiger partial charge in [-0.2, -0.15) is 0 Å². The molecule has 0 fully saturated rings. The van der Waals surface area contributed by atoms with Gasteiger partial charge in [0.25, 0.3) is 0 Å². The fourth-order valence-electron chi connectivity index (χ4n) is 0.409. The molecule has 2 nitrogen and oxygen atoms in total. The van der Waals surface area contributed by atoms with E-state index < -0.39 is 19.4 Å². The lowest BCUT2D eigenvalue weighted by Crippen LogP contribution is -2.27. The molecule has 0 aromatic carbocycles. The van der Waals surface area contributed by atoms with Crippen molar-refractivity contribution in [2.75, 3.05) is 5.75 Å². The summed E-state index contributed by atoms with van der Waals surface area (Å²) in [7, 11) is -1.61. The topological polar surface area (TPSA) is 26.3 Å². The Kier molecular flexibility index (Phi) is 4.08. The van der Waals surface area contributed by atoms with Gasteiger partial charge in [-0.15, -0.1) is 6.58 Å². The Labute approximate surface area is 66.1 Å². The molecule has 0 heterocycles. The molecule has 0 spiro atoms. The van der Waals surface area contributed by atoms with Crippen LogP contribution < -0.4 is 0 Å². The van der Waals surface area contributed by atoms with Gasteiger partial charge in [0, 0.05) is 0 Å². The van der Waals surface area contributed by atoms with E-state index >= 15 is 0 Å². The molecule has 0 aromatic heterocycles. The standard InChI is InChI=1S/C6H14O2SSi/c1-5-6-9(7)8-10(2,3)4/h5H,1,6H2,2-4H3. The predicted molar refractivity (Wildman–Crippen MR) is 47.6 cm³/mol. The van der Waals surface area contributed by atoms with E-state index in [0.29, 0.717) is 5.75 Å². The van der Waals surface area contributed by atoms with Gasteiger partial charge in [-0.05, 0) is 19.6 Å². The quantitative estimate of drug-likeness (QED) is 0.484. The highest BCUT2D eigenvalue weighted by Gasteiger charge is 2.17. The van der Waals surface area contributed by atoms with Gasteiger partial charge < -0.3 is 3.87 Å². The van der Waals surface area contributed by atoms with Crippen LogP contribution in [0.5, 0.6) is 0 Å². The minimum absolute atomic E-state index is 0.435. The van der Waals surface area contributed by atoms with Crippen LogP contribution in [0.25, 0.3) is 0 Å². The number of hydrogen-bond acceptors (Lipinski definition) is 2. The second kappa shape index (κ2) is 4.05. The van der Waals surface area contributed by atoms with Crippen LogP contribution in [0.4, 0.5) is 0 Å². The van der Waals surface area contributed by atoms with E-state index in [2.05, 4.69) is 6.58 Å². The van der Waals surface area contributed by atoms with Crippen LogP contribution in [-0.4, -0.2) is 18.3 Å². The molecule has 0 aliphatic rings. The Morgan fingerprint density at radius 2 is 2.10 bits per heavy atom. The molecule has 4 heteroatoms. The van der Waals surface area contributed by atoms with Crippen LogP contribution in [0.15, 0.2) is 12.7 Å². The van der Waals surface area contributed by atoms with E-state index in [1.165, 1.54) is 0 Å². The Hall–Kier alpha value is 0.0669. The molecule has 1 unspecified atom stereocenters. The summed E-state index contributed by atoms with van der Waals surface area (Å²) in [4.78, 5) is 0. The first-order valence-electron chi connectivity index (χ1n) is 3.14. The van der Waals surface area contributed by atoms with Crippen molar-refractivity contribution in [3.05, 3.63) is 12.7 Å². The summed E-state index contributed by atoms with van der Waals surface area (Å²) in [5, 5.41) is 0. The first-order chi connectivity index (χ1) is 4.45. The molecule has 0 radical (unpaired) electrons. The van der Waals surface area contributed by atoms with Gasteiger partial charge >= 0.3 is 0 Å². The fourth-order valence-corrected chi connectivity index (χ4v) is 3.10. The maximum absolute atomic E-state index is 10.9. The monoisotopic (exact) mass is 178 g/mol. The average Bonchev–Trinajstić information content (AvgIpc) is 1.59. The van der Waals surface area contributed by atoms with E-state index in [1.54, 1.807) is 6.08 Å². The predicted octanol–water partition coefficient (Wildman–Crippen LogP) is 1.69. The lowest BCUT2D eigenvalue weighted by Gasteiger charge is -2.14. The highest BCUT2D eigenvalue weighted by Crippen LogP contribution is 2.04. The first-order valence-corrected chi connectivity index (χ1v) is 7.79. The maximum Gasteiger partial charge on any atom is 0.205 e. The summed E-state index contributed by atoms with van der Waals surface area (Å²) in [5.74, 6) is 0.435. The van der Waals surface area contributed by atoms with Crippen LogP contribution in [0.2, 0.25) is 19.6 Å². The summed E-state index contributed by atoms with van der Waals surface area (Å²) in [6.07, 6.45) is 1.61. The minimum Gasteiger partial charge on any atom is -0.335 e. The Bertz CT molecular complexity index is 139. The summed E-state index contributed by atoms with van der Waals surface area (Å²) < 4.78 is 16.1. The third kappa shape index (κ3) is 6.19.